The molecule has 0 atom stereocenters. The van der Waals surface area contributed by atoms with E-state index in [1.807, 2.05) is 77.5 Å². The molecule has 122 valence electrons. The number of carbonyl (C=O) groups is 1. The number of amides is 1. The molecule has 25 heavy (non-hydrogen) atoms. The third-order valence-electron chi connectivity index (χ3n) is 3.89. The van der Waals surface area contributed by atoms with Gasteiger partial charge in [0.05, 0.1) is 12.1 Å². The highest BCUT2D eigenvalue weighted by Gasteiger charge is 2.08. The van der Waals surface area contributed by atoms with Gasteiger partial charge in [0.1, 0.15) is 0 Å². The zero-order valence-electron chi connectivity index (χ0n) is 13.5. The van der Waals surface area contributed by atoms with E-state index in [2.05, 4.69) is 15.3 Å². The van der Waals surface area contributed by atoms with Gasteiger partial charge in [-0.3, -0.25) is 9.20 Å². The molecule has 5 nitrogen and oxygen atoms in total. The minimum absolute atomic E-state index is 0.0416. The number of hydrogen-bond acceptors (Lipinski definition) is 3. The number of hydrogen-bond donors (Lipinski definition) is 1. The number of rotatable bonds is 4. The number of fused-ring (bicyclic) bond motifs is 1. The van der Waals surface area contributed by atoms with E-state index in [4.69, 9.17) is 0 Å². The van der Waals surface area contributed by atoms with E-state index in [9.17, 15) is 4.79 Å². The SMILES string of the molecule is O=C(Cc1ccccc1)Nc1cccc(-c2cn3cccnc3n2)c1. The Kier molecular flexibility index (Phi) is 3.96. The van der Waals surface area contributed by atoms with Crippen molar-refractivity contribution in [1.29, 1.82) is 0 Å². The van der Waals surface area contributed by atoms with Crippen molar-refractivity contribution in [2.24, 2.45) is 0 Å². The minimum atomic E-state index is -0.0416. The van der Waals surface area contributed by atoms with Crippen LogP contribution >= 0.6 is 0 Å². The van der Waals surface area contributed by atoms with Gasteiger partial charge >= 0.3 is 0 Å². The highest BCUT2D eigenvalue weighted by Crippen LogP contribution is 2.22. The lowest BCUT2D eigenvalue weighted by molar-refractivity contribution is -0.115. The predicted molar refractivity (Wildman–Crippen MR) is 97.2 cm³/mol. The van der Waals surface area contributed by atoms with Crippen LogP contribution in [0.5, 0.6) is 0 Å². The molecular weight excluding hydrogens is 312 g/mol. The van der Waals surface area contributed by atoms with Crippen molar-refractivity contribution in [2.45, 2.75) is 6.42 Å². The first-order chi connectivity index (χ1) is 12.3. The monoisotopic (exact) mass is 328 g/mol. The topological polar surface area (TPSA) is 59.3 Å². The number of nitrogens with zero attached hydrogens (tertiary/aromatic N) is 3. The van der Waals surface area contributed by atoms with Gasteiger partial charge in [0.2, 0.25) is 11.7 Å². The van der Waals surface area contributed by atoms with Crippen LogP contribution < -0.4 is 5.32 Å². The molecule has 2 heterocycles. The van der Waals surface area contributed by atoms with E-state index in [-0.39, 0.29) is 5.91 Å². The van der Waals surface area contributed by atoms with E-state index in [1.54, 1.807) is 6.20 Å². The first-order valence-corrected chi connectivity index (χ1v) is 8.02. The number of nitrogens with one attached hydrogen (secondary N) is 1. The Morgan fingerprint density at radius 1 is 1.04 bits per heavy atom. The Balaban J connectivity index is 1.54. The summed E-state index contributed by atoms with van der Waals surface area (Å²) < 4.78 is 1.87. The average molecular weight is 328 g/mol. The van der Waals surface area contributed by atoms with Gasteiger partial charge in [-0.15, -0.1) is 0 Å². The standard InChI is InChI=1S/C20H16N4O/c25-19(12-15-6-2-1-3-7-15)22-17-9-4-8-16(13-17)18-14-24-11-5-10-21-20(24)23-18/h1-11,13-14H,12H2,(H,22,25). The Hall–Kier alpha value is -3.47. The molecule has 0 fully saturated rings. The quantitative estimate of drug-likeness (QED) is 0.623. The summed E-state index contributed by atoms with van der Waals surface area (Å²) in [6.07, 6.45) is 5.90. The van der Waals surface area contributed by atoms with Crippen molar-refractivity contribution in [3.63, 3.8) is 0 Å². The van der Waals surface area contributed by atoms with Crippen LogP contribution in [0.3, 0.4) is 0 Å². The molecule has 2 aromatic heterocycles. The molecule has 0 radical (unpaired) electrons. The molecule has 1 N–H and O–H groups in total. The smallest absolute Gasteiger partial charge is 0.234 e. The van der Waals surface area contributed by atoms with Gasteiger partial charge in [0.15, 0.2) is 0 Å². The Bertz CT molecular complexity index is 991. The van der Waals surface area contributed by atoms with E-state index in [0.717, 1.165) is 22.5 Å². The van der Waals surface area contributed by atoms with Crippen molar-refractivity contribution in [3.8, 4) is 11.3 Å². The molecule has 0 aliphatic carbocycles. The van der Waals surface area contributed by atoms with Crippen LogP contribution in [-0.2, 0) is 11.2 Å². The van der Waals surface area contributed by atoms with Gasteiger partial charge in [-0.2, -0.15) is 0 Å². The van der Waals surface area contributed by atoms with Crippen LogP contribution in [0, 0.1) is 0 Å². The first kappa shape index (κ1) is 15.1. The summed E-state index contributed by atoms with van der Waals surface area (Å²) in [5, 5.41) is 2.95. The lowest BCUT2D eigenvalue weighted by Crippen LogP contribution is -2.14. The number of aromatic nitrogens is 3. The summed E-state index contributed by atoms with van der Waals surface area (Å²) in [5.74, 6) is 0.607. The molecule has 0 saturated heterocycles. The second-order valence-corrected chi connectivity index (χ2v) is 5.74. The van der Waals surface area contributed by atoms with Crippen LogP contribution in [0.15, 0.2) is 79.3 Å². The molecule has 0 aliphatic heterocycles. The Morgan fingerprint density at radius 2 is 1.92 bits per heavy atom. The molecule has 0 unspecified atom stereocenters. The van der Waals surface area contributed by atoms with Crippen LogP contribution in [-0.4, -0.2) is 20.3 Å². The fourth-order valence-electron chi connectivity index (χ4n) is 2.71. The Morgan fingerprint density at radius 3 is 2.76 bits per heavy atom. The third kappa shape index (κ3) is 3.40. The lowest BCUT2D eigenvalue weighted by atomic mass is 10.1. The van der Waals surface area contributed by atoms with Gasteiger partial charge in [0, 0.05) is 29.8 Å². The molecule has 0 bridgehead atoms. The van der Waals surface area contributed by atoms with Gasteiger partial charge < -0.3 is 5.32 Å². The lowest BCUT2D eigenvalue weighted by Gasteiger charge is -2.06. The predicted octanol–water partition coefficient (Wildman–Crippen LogP) is 3.58. The fourth-order valence-corrected chi connectivity index (χ4v) is 2.71. The maximum Gasteiger partial charge on any atom is 0.234 e. The highest BCUT2D eigenvalue weighted by atomic mass is 16.1. The van der Waals surface area contributed by atoms with Crippen molar-refractivity contribution in [3.05, 3.63) is 84.8 Å². The van der Waals surface area contributed by atoms with Gasteiger partial charge in [-0.05, 0) is 23.8 Å². The maximum absolute atomic E-state index is 12.2. The van der Waals surface area contributed by atoms with Crippen LogP contribution in [0.1, 0.15) is 5.56 Å². The fraction of sp³-hybridized carbons (Fsp3) is 0.0500. The molecule has 4 rings (SSSR count). The number of anilines is 1. The molecule has 1 amide bonds. The van der Waals surface area contributed by atoms with Crippen LogP contribution in [0.2, 0.25) is 0 Å². The summed E-state index contributed by atoms with van der Waals surface area (Å²) in [7, 11) is 0. The molecule has 2 aromatic carbocycles. The van der Waals surface area contributed by atoms with E-state index in [1.165, 1.54) is 0 Å². The average Bonchev–Trinajstić information content (AvgIpc) is 3.07. The summed E-state index contributed by atoms with van der Waals surface area (Å²) in [4.78, 5) is 21.0. The summed E-state index contributed by atoms with van der Waals surface area (Å²) >= 11 is 0. The van der Waals surface area contributed by atoms with Crippen molar-refractivity contribution < 1.29 is 4.79 Å². The zero-order chi connectivity index (χ0) is 17.1. The molecule has 4 aromatic rings. The van der Waals surface area contributed by atoms with Gasteiger partial charge in [-0.1, -0.05) is 42.5 Å². The van der Waals surface area contributed by atoms with E-state index >= 15 is 0 Å². The van der Waals surface area contributed by atoms with E-state index in [0.29, 0.717) is 12.2 Å². The second kappa shape index (κ2) is 6.57. The molecule has 0 spiro atoms. The summed E-state index contributed by atoms with van der Waals surface area (Å²) in [5.41, 5.74) is 3.49. The van der Waals surface area contributed by atoms with Gasteiger partial charge in [-0.25, -0.2) is 9.97 Å². The Labute approximate surface area is 145 Å². The zero-order valence-corrected chi connectivity index (χ0v) is 13.5. The molecule has 5 heteroatoms. The van der Waals surface area contributed by atoms with Crippen LogP contribution in [0.4, 0.5) is 5.69 Å². The highest BCUT2D eigenvalue weighted by molar-refractivity contribution is 5.92. The van der Waals surface area contributed by atoms with Crippen LogP contribution in [0.25, 0.3) is 17.0 Å². The molecule has 0 saturated carbocycles. The van der Waals surface area contributed by atoms with E-state index < -0.39 is 0 Å². The summed E-state index contributed by atoms with van der Waals surface area (Å²) in [6, 6.07) is 19.2. The van der Waals surface area contributed by atoms with Crippen molar-refractivity contribution in [2.75, 3.05) is 5.32 Å². The number of carbonyl (C=O) groups excluding carboxylic acids is 1. The van der Waals surface area contributed by atoms with Crippen molar-refractivity contribution in [1.82, 2.24) is 14.4 Å². The second-order valence-electron chi connectivity index (χ2n) is 5.74. The number of imidazole rings is 1. The summed E-state index contributed by atoms with van der Waals surface area (Å²) in [6.45, 7) is 0. The molecule has 0 aliphatic rings. The normalized spacial score (nSPS) is 10.7. The third-order valence-corrected chi connectivity index (χ3v) is 3.89. The first-order valence-electron chi connectivity index (χ1n) is 8.02. The maximum atomic E-state index is 12.2. The van der Waals surface area contributed by atoms with Gasteiger partial charge in [0.25, 0.3) is 0 Å². The van der Waals surface area contributed by atoms with Crippen molar-refractivity contribution >= 4 is 17.4 Å². The molecular formula is C20H16N4O. The number of benzene rings is 2. The largest absolute Gasteiger partial charge is 0.326 e. The minimum Gasteiger partial charge on any atom is -0.326 e.